The molecule has 2 atom stereocenters. The molecule has 8 nitrogen and oxygen atoms in total. The zero-order valence-electron chi connectivity index (χ0n) is 25.6. The summed E-state index contributed by atoms with van der Waals surface area (Å²) in [6.07, 6.45) is 0.933. The highest BCUT2D eigenvalue weighted by Gasteiger charge is 2.35. The fraction of sp³-hybridized carbons (Fsp3) is 0.257. The Kier molecular flexibility index (Phi) is 11.6. The van der Waals surface area contributed by atoms with Crippen molar-refractivity contribution < 1.29 is 22.7 Å². The van der Waals surface area contributed by atoms with Crippen LogP contribution >= 0.6 is 11.6 Å². The number of methoxy groups -OCH3 is 1. The summed E-state index contributed by atoms with van der Waals surface area (Å²) in [6.45, 7) is 3.38. The number of ether oxygens (including phenoxy) is 1. The highest BCUT2D eigenvalue weighted by molar-refractivity contribution is 7.92. The van der Waals surface area contributed by atoms with Crippen LogP contribution in [0.5, 0.6) is 5.75 Å². The van der Waals surface area contributed by atoms with Crippen molar-refractivity contribution >= 4 is 39.1 Å². The monoisotopic (exact) mass is 647 g/mol. The van der Waals surface area contributed by atoms with Crippen molar-refractivity contribution in [2.75, 3.05) is 18.0 Å². The predicted molar refractivity (Wildman–Crippen MR) is 178 cm³/mol. The van der Waals surface area contributed by atoms with Crippen molar-refractivity contribution in [2.45, 2.75) is 50.2 Å². The van der Waals surface area contributed by atoms with Gasteiger partial charge in [-0.2, -0.15) is 0 Å². The highest BCUT2D eigenvalue weighted by Crippen LogP contribution is 2.26. The molecule has 4 aromatic rings. The first-order valence-electron chi connectivity index (χ1n) is 14.7. The van der Waals surface area contributed by atoms with E-state index < -0.39 is 28.5 Å². The maximum atomic E-state index is 14.5. The van der Waals surface area contributed by atoms with Crippen molar-refractivity contribution in [1.82, 2.24) is 10.2 Å². The first-order valence-corrected chi connectivity index (χ1v) is 16.5. The maximum absolute atomic E-state index is 14.5. The van der Waals surface area contributed by atoms with Crippen LogP contribution in [0.3, 0.4) is 0 Å². The van der Waals surface area contributed by atoms with Crippen LogP contribution in [0.25, 0.3) is 0 Å². The smallest absolute Gasteiger partial charge is 0.264 e. The molecule has 0 fully saturated rings. The maximum Gasteiger partial charge on any atom is 0.264 e. The van der Waals surface area contributed by atoms with Crippen molar-refractivity contribution in [1.29, 1.82) is 0 Å². The summed E-state index contributed by atoms with van der Waals surface area (Å²) in [6, 6.07) is 29.9. The second-order valence-electron chi connectivity index (χ2n) is 10.7. The number of carbonyl (C=O) groups is 2. The Morgan fingerprint density at radius 1 is 0.867 bits per heavy atom. The Hall–Kier alpha value is -4.34. The molecule has 0 bridgehead atoms. The Balaban J connectivity index is 1.80. The van der Waals surface area contributed by atoms with Crippen LogP contribution in [0.1, 0.15) is 31.4 Å². The number of hydrogen-bond acceptors (Lipinski definition) is 5. The van der Waals surface area contributed by atoms with Crippen LogP contribution in [-0.4, -0.2) is 50.9 Å². The van der Waals surface area contributed by atoms with Gasteiger partial charge in [0.1, 0.15) is 18.3 Å². The minimum absolute atomic E-state index is 0.0155. The molecular formula is C35H38ClN3O5S. The van der Waals surface area contributed by atoms with Crippen molar-refractivity contribution in [3.05, 3.63) is 125 Å². The number of halogens is 1. The number of carbonyl (C=O) groups excluding carboxylic acids is 2. The summed E-state index contributed by atoms with van der Waals surface area (Å²) in [7, 11) is -2.65. The van der Waals surface area contributed by atoms with Crippen molar-refractivity contribution in [3.8, 4) is 5.75 Å². The molecule has 0 aromatic heterocycles. The SMILES string of the molecule is CC[C@H](C)NC(=O)[C@@H](Cc1ccccc1)N(Cc1cccc(OC)c1)C(=O)CN(c1ccccc1)S(=O)(=O)c1ccc(Cl)cc1. The van der Waals surface area contributed by atoms with Gasteiger partial charge in [0, 0.05) is 24.0 Å². The normalized spacial score (nSPS) is 12.5. The van der Waals surface area contributed by atoms with Crippen LogP contribution in [0.4, 0.5) is 5.69 Å². The Morgan fingerprint density at radius 2 is 1.49 bits per heavy atom. The molecule has 0 saturated heterocycles. The lowest BCUT2D eigenvalue weighted by Gasteiger charge is -2.34. The Bertz CT molecular complexity index is 1670. The Morgan fingerprint density at radius 3 is 2.11 bits per heavy atom. The highest BCUT2D eigenvalue weighted by atomic mass is 35.5. The van der Waals surface area contributed by atoms with Gasteiger partial charge in [-0.1, -0.05) is 79.2 Å². The molecule has 0 radical (unpaired) electrons. The molecule has 4 rings (SSSR count). The molecule has 0 heterocycles. The van der Waals surface area contributed by atoms with E-state index in [1.807, 2.05) is 56.3 Å². The number of benzene rings is 4. The molecule has 0 saturated carbocycles. The van der Waals surface area contributed by atoms with E-state index in [1.54, 1.807) is 49.6 Å². The molecule has 0 aliphatic heterocycles. The summed E-state index contributed by atoms with van der Waals surface area (Å²) in [5, 5.41) is 3.42. The number of nitrogens with one attached hydrogen (secondary N) is 1. The van der Waals surface area contributed by atoms with Crippen LogP contribution in [0.2, 0.25) is 5.02 Å². The van der Waals surface area contributed by atoms with Gasteiger partial charge in [-0.15, -0.1) is 0 Å². The second-order valence-corrected chi connectivity index (χ2v) is 13.0. The lowest BCUT2D eigenvalue weighted by molar-refractivity contribution is -0.140. The van der Waals surface area contributed by atoms with E-state index in [9.17, 15) is 18.0 Å². The van der Waals surface area contributed by atoms with E-state index in [-0.39, 0.29) is 29.8 Å². The first kappa shape index (κ1) is 33.6. The van der Waals surface area contributed by atoms with Gasteiger partial charge < -0.3 is 15.0 Å². The quantitative estimate of drug-likeness (QED) is 0.179. The summed E-state index contributed by atoms with van der Waals surface area (Å²) in [4.78, 5) is 29.9. The Labute approximate surface area is 270 Å². The van der Waals surface area contributed by atoms with Gasteiger partial charge in [-0.3, -0.25) is 13.9 Å². The summed E-state index contributed by atoms with van der Waals surface area (Å²) in [5.74, 6) is -0.268. The lowest BCUT2D eigenvalue weighted by Crippen LogP contribution is -2.54. The molecule has 236 valence electrons. The van der Waals surface area contributed by atoms with Gasteiger partial charge in [-0.25, -0.2) is 8.42 Å². The topological polar surface area (TPSA) is 96.0 Å². The molecule has 0 spiro atoms. The molecule has 0 unspecified atom stereocenters. The molecular weight excluding hydrogens is 610 g/mol. The van der Waals surface area contributed by atoms with Crippen LogP contribution < -0.4 is 14.4 Å². The molecule has 4 aromatic carbocycles. The van der Waals surface area contributed by atoms with E-state index in [1.165, 1.54) is 29.2 Å². The van der Waals surface area contributed by atoms with E-state index in [4.69, 9.17) is 16.3 Å². The third-order valence-corrected chi connectivity index (χ3v) is 9.52. The summed E-state index contributed by atoms with van der Waals surface area (Å²) in [5.41, 5.74) is 1.90. The predicted octanol–water partition coefficient (Wildman–Crippen LogP) is 6.10. The van der Waals surface area contributed by atoms with Crippen LogP contribution in [0, 0.1) is 0 Å². The fourth-order valence-electron chi connectivity index (χ4n) is 4.82. The van der Waals surface area contributed by atoms with Gasteiger partial charge >= 0.3 is 0 Å². The van der Waals surface area contributed by atoms with Gasteiger partial charge in [0.25, 0.3) is 10.0 Å². The van der Waals surface area contributed by atoms with E-state index in [0.29, 0.717) is 22.9 Å². The second kappa shape index (κ2) is 15.6. The minimum Gasteiger partial charge on any atom is -0.497 e. The largest absolute Gasteiger partial charge is 0.497 e. The molecule has 45 heavy (non-hydrogen) atoms. The third-order valence-electron chi connectivity index (χ3n) is 7.48. The zero-order valence-corrected chi connectivity index (χ0v) is 27.2. The average molecular weight is 648 g/mol. The standard InChI is InChI=1S/C35H38ClN3O5S/c1-4-26(2)37-35(41)33(23-27-12-7-5-8-13-27)38(24-28-14-11-17-31(22-28)44-3)34(40)25-39(30-15-9-6-10-16-30)45(42,43)32-20-18-29(36)19-21-32/h5-22,26,33H,4,23-25H2,1-3H3,(H,37,41)/t26-,33+/m0/s1. The average Bonchev–Trinajstić information content (AvgIpc) is 3.06. The summed E-state index contributed by atoms with van der Waals surface area (Å²) >= 11 is 6.04. The number of amides is 2. The molecule has 0 aliphatic rings. The van der Waals surface area contributed by atoms with Gasteiger partial charge in [0.15, 0.2) is 0 Å². The summed E-state index contributed by atoms with van der Waals surface area (Å²) < 4.78 is 34.6. The zero-order chi connectivity index (χ0) is 32.4. The molecule has 2 amide bonds. The van der Waals surface area contributed by atoms with Gasteiger partial charge in [-0.05, 0) is 73.0 Å². The number of rotatable bonds is 14. The third kappa shape index (κ3) is 8.86. The molecule has 1 N–H and O–H groups in total. The van der Waals surface area contributed by atoms with Crippen LogP contribution in [-0.2, 0) is 32.6 Å². The number of sulfonamides is 1. The van der Waals surface area contributed by atoms with Gasteiger partial charge in [0.2, 0.25) is 11.8 Å². The van der Waals surface area contributed by atoms with E-state index >= 15 is 0 Å². The number of para-hydroxylation sites is 1. The molecule has 10 heteroatoms. The lowest BCUT2D eigenvalue weighted by atomic mass is 10.0. The number of hydrogen-bond donors (Lipinski definition) is 1. The fourth-order valence-corrected chi connectivity index (χ4v) is 6.36. The molecule has 0 aliphatic carbocycles. The minimum atomic E-state index is -4.20. The first-order chi connectivity index (χ1) is 21.6. The van der Waals surface area contributed by atoms with E-state index in [2.05, 4.69) is 5.32 Å². The van der Waals surface area contributed by atoms with E-state index in [0.717, 1.165) is 15.4 Å². The van der Waals surface area contributed by atoms with Crippen molar-refractivity contribution in [2.24, 2.45) is 0 Å². The number of anilines is 1. The van der Waals surface area contributed by atoms with Gasteiger partial charge in [0.05, 0.1) is 17.7 Å². The van der Waals surface area contributed by atoms with Crippen molar-refractivity contribution in [3.63, 3.8) is 0 Å². The van der Waals surface area contributed by atoms with Crippen LogP contribution in [0.15, 0.2) is 114 Å². The number of nitrogens with zero attached hydrogens (tertiary/aromatic N) is 2.